The van der Waals surface area contributed by atoms with Crippen LogP contribution >= 0.6 is 27.5 Å². The average molecular weight is 1340 g/mol. The molecule has 2 aromatic carbocycles. The van der Waals surface area contributed by atoms with Crippen LogP contribution in [0.15, 0.2) is 66.3 Å². The van der Waals surface area contributed by atoms with Gasteiger partial charge in [0.05, 0.1) is 43.2 Å². The van der Waals surface area contributed by atoms with Crippen LogP contribution in [0, 0.1) is 11.8 Å². The molecule has 9 N–H and O–H groups in total. The number of carbonyl (C=O) groups is 10. The normalized spacial score (nSPS) is 23.5. The number of alkyl carbamates (subject to hydrolysis) is 1. The van der Waals surface area contributed by atoms with Crippen molar-refractivity contribution in [2.24, 2.45) is 17.6 Å². The Bertz CT molecular complexity index is 3090. The summed E-state index contributed by atoms with van der Waals surface area (Å²) in [5, 5.41) is 27.9. The average Bonchev–Trinajstić information content (AvgIpc) is 1.57. The third-order valence-electron chi connectivity index (χ3n) is 16.0. The lowest BCUT2D eigenvalue weighted by Gasteiger charge is -2.42. The van der Waals surface area contributed by atoms with Gasteiger partial charge in [0.15, 0.2) is 5.72 Å². The summed E-state index contributed by atoms with van der Waals surface area (Å²) >= 11 is 10.0. The fourth-order valence-electron chi connectivity index (χ4n) is 10.4. The number of urea groups is 1. The number of carbonyl (C=O) groups excluding carboxylic acids is 10. The van der Waals surface area contributed by atoms with Crippen molar-refractivity contribution in [3.05, 3.63) is 88.0 Å². The highest BCUT2D eigenvalue weighted by molar-refractivity contribution is 9.09. The van der Waals surface area contributed by atoms with Gasteiger partial charge in [0.2, 0.25) is 23.6 Å². The van der Waals surface area contributed by atoms with E-state index in [0.717, 1.165) is 16.0 Å². The third-order valence-corrected chi connectivity index (χ3v) is 17.1. The molecule has 2 aromatic rings. The van der Waals surface area contributed by atoms with Gasteiger partial charge in [0.25, 0.3) is 11.8 Å². The molecule has 2 fully saturated rings. The van der Waals surface area contributed by atoms with Gasteiger partial charge in [-0.25, -0.2) is 19.2 Å². The number of rotatable bonds is 25. The number of aliphatic hydroxyl groups is 1. The fourth-order valence-corrected chi connectivity index (χ4v) is 11.0. The molecule has 0 radical (unpaired) electrons. The molecule has 4 bridgehead atoms. The number of methoxy groups -OCH3 is 2. The van der Waals surface area contributed by atoms with Crippen molar-refractivity contribution in [3.8, 4) is 5.75 Å². The van der Waals surface area contributed by atoms with Gasteiger partial charge < -0.3 is 75.6 Å². The molecule has 3 aliphatic rings. The summed E-state index contributed by atoms with van der Waals surface area (Å²) in [7, 11) is 6.98. The number of epoxide rings is 1. The van der Waals surface area contributed by atoms with Crippen molar-refractivity contribution < 1.29 is 81.5 Å². The van der Waals surface area contributed by atoms with E-state index in [1.165, 1.54) is 65.4 Å². The Hall–Kier alpha value is -7.59. The van der Waals surface area contributed by atoms with Gasteiger partial charge in [0, 0.05) is 70.0 Å². The second-order valence-electron chi connectivity index (χ2n) is 23.1. The number of nitrogens with one attached hydrogen (secondary N) is 6. The van der Waals surface area contributed by atoms with Gasteiger partial charge >= 0.3 is 24.1 Å². The van der Waals surface area contributed by atoms with Crippen LogP contribution in [0.3, 0.4) is 0 Å². The number of esters is 2. The van der Waals surface area contributed by atoms with Crippen molar-refractivity contribution in [2.75, 3.05) is 64.1 Å². The zero-order valence-electron chi connectivity index (χ0n) is 52.7. The predicted octanol–water partition coefficient (Wildman–Crippen LogP) is 5.26. The van der Waals surface area contributed by atoms with E-state index in [2.05, 4.69) is 54.4 Å². The first-order valence-electron chi connectivity index (χ1n) is 29.5. The van der Waals surface area contributed by atoms with Gasteiger partial charge in [-0.1, -0.05) is 78.7 Å². The Morgan fingerprint density at radius 2 is 1.73 bits per heavy atom. The van der Waals surface area contributed by atoms with Gasteiger partial charge in [-0.05, 0) is 101 Å². The topological polar surface area (TPSA) is 354 Å². The summed E-state index contributed by atoms with van der Waals surface area (Å²) in [4.78, 5) is 137. The summed E-state index contributed by atoms with van der Waals surface area (Å²) in [6, 6.07) is 2.70. The van der Waals surface area contributed by atoms with Gasteiger partial charge in [-0.2, -0.15) is 0 Å². The van der Waals surface area contributed by atoms with E-state index >= 15 is 0 Å². The summed E-state index contributed by atoms with van der Waals surface area (Å²) in [5.74, 6) is -6.31. The van der Waals surface area contributed by atoms with Crippen LogP contribution in [0.1, 0.15) is 119 Å². The number of unbranched alkanes of at least 4 members (excludes halogenated alkanes) is 2. The number of likely N-dealkylation sites (N-methyl/N-ethyl adjacent to an activating group) is 1. The van der Waals surface area contributed by atoms with E-state index in [1.54, 1.807) is 52.0 Å². The second kappa shape index (κ2) is 32.9. The molecule has 0 spiro atoms. The van der Waals surface area contributed by atoms with Gasteiger partial charge in [-0.15, -0.1) is 0 Å². The first-order chi connectivity index (χ1) is 42.4. The predicted molar refractivity (Wildman–Crippen MR) is 337 cm³/mol. The Labute approximate surface area is 537 Å². The lowest BCUT2D eigenvalue weighted by Crippen LogP contribution is -2.63. The number of benzene rings is 2. The number of primary amides is 1. The molecule has 0 saturated carbocycles. The summed E-state index contributed by atoms with van der Waals surface area (Å²) < 4.78 is 34.7. The molecule has 28 heteroatoms. The fraction of sp³-hybridized carbons (Fsp3) is 0.548. The monoisotopic (exact) mass is 1340 g/mol. The van der Waals surface area contributed by atoms with Crippen molar-refractivity contribution in [1.82, 2.24) is 31.5 Å². The largest absolute Gasteiger partial charge is 0.495 e. The molecule has 3 heterocycles. The molecule has 10 atom stereocenters. The number of nitrogens with two attached hydrogens (primary N) is 1. The number of ether oxygens (including phenoxy) is 6. The lowest BCUT2D eigenvalue weighted by molar-refractivity contribution is -0.158. The molecule has 2 saturated heterocycles. The second-order valence-corrected chi connectivity index (χ2v) is 24.1. The zero-order chi connectivity index (χ0) is 66.9. The number of alkyl halides is 1. The lowest BCUT2D eigenvalue weighted by atomic mass is 9.83. The van der Waals surface area contributed by atoms with Crippen LogP contribution in [-0.2, 0) is 58.9 Å². The highest BCUT2D eigenvalue weighted by atomic mass is 79.9. The Balaban J connectivity index is 1.38. The van der Waals surface area contributed by atoms with Crippen LogP contribution in [0.2, 0.25) is 5.02 Å². The van der Waals surface area contributed by atoms with Crippen molar-refractivity contribution in [2.45, 2.75) is 153 Å². The van der Waals surface area contributed by atoms with Gasteiger partial charge in [-0.3, -0.25) is 34.1 Å². The maximum absolute atomic E-state index is 14.6. The van der Waals surface area contributed by atoms with Crippen LogP contribution in [0.25, 0.3) is 0 Å². The highest BCUT2D eigenvalue weighted by Crippen LogP contribution is 2.49. The minimum atomic E-state index is -1.94. The maximum atomic E-state index is 14.6. The van der Waals surface area contributed by atoms with E-state index in [9.17, 15) is 53.1 Å². The molecule has 0 aromatic heterocycles. The molecular weight excluding hydrogens is 1260 g/mol. The Morgan fingerprint density at radius 3 is 2.38 bits per heavy atom. The molecule has 5 rings (SSSR count). The van der Waals surface area contributed by atoms with Crippen LogP contribution in [0.4, 0.5) is 21.0 Å². The van der Waals surface area contributed by atoms with Crippen LogP contribution in [0.5, 0.6) is 5.75 Å². The number of allylic oxidation sites excluding steroid dienone is 3. The summed E-state index contributed by atoms with van der Waals surface area (Å²) in [6.07, 6.45) is 1.37. The molecule has 9 amide bonds. The molecule has 26 nitrogen and oxygen atoms in total. The number of hydrogen-bond donors (Lipinski definition) is 8. The number of hydrogen-bond acceptors (Lipinski definition) is 17. The van der Waals surface area contributed by atoms with E-state index in [4.69, 9.17) is 45.8 Å². The zero-order valence-corrected chi connectivity index (χ0v) is 55.1. The molecule has 0 unspecified atom stereocenters. The van der Waals surface area contributed by atoms with E-state index in [1.807, 2.05) is 13.0 Å². The summed E-state index contributed by atoms with van der Waals surface area (Å²) in [5.41, 5.74) is 3.68. The minimum absolute atomic E-state index is 0.0300. The van der Waals surface area contributed by atoms with Crippen LogP contribution in [-0.4, -0.2) is 177 Å². The molecule has 90 heavy (non-hydrogen) atoms. The Kier molecular flexibility index (Phi) is 26.8. The number of halogens is 2. The summed E-state index contributed by atoms with van der Waals surface area (Å²) in [6.45, 7) is 13.8. The van der Waals surface area contributed by atoms with E-state index in [0.29, 0.717) is 31.4 Å². The van der Waals surface area contributed by atoms with Crippen molar-refractivity contribution in [3.63, 3.8) is 0 Å². The quantitative estimate of drug-likeness (QED) is 0.0157. The first kappa shape index (κ1) is 73.1. The standard InChI is InChI=1S/C62H85BrClN9O17/c1-33(2)51(70-48(74)21-14-13-15-25-87-57(80)35(4)32-63)55(78)69-42(19-17-24-67-59(65)82)54(77)68-41-23-22-39(29-40(41)53(76)66-8)56(79)72(9)37(6)58(81)89-47-30-49(75)73(10)43-27-38(28-44(85-11)50(43)64)26-34(3)18-16-20-46(86-12)62(84)31-45(88-60(83)71-62)36(5)52-61(47,7)90-52/h16,18,20,22-23,27-29,33,36-37,42,45-47,51-52,84H,4,13-15,17,19,21,24-26,30-32H2,1-3,5-12H3,(H,66,76)(H,68,77)(H,69,78)(H,70,74)(H,71,83)(H3,65,67,82)/b20-16+,34-18+/t36-,37+,42+,45+,46-,47+,51+,52+,61+,62+/m1/s1. The SMILES string of the molecule is C=C(CBr)C(=O)OCCCCCC(=O)N[C@H](C(=O)N[C@@H](CCCNC(N)=O)C(=O)Nc1ccc(C(=O)N(C)[C@@H](C)C(=O)O[C@H]2CC(=O)N(C)c3cc(cc(OC)c3Cl)C/C(C)=C/C=C/[C@@H](OC)[C@@]3(O)C[C@H](OC(=O)N3)[C@@H](C)[C@@H]3O[C@@]23C)cc1C(=O)NC)C(C)C. The van der Waals surface area contributed by atoms with E-state index in [-0.39, 0.29) is 77.3 Å². The molecule has 494 valence electrons. The molecular formula is C62H85BrClN9O17. The molecule has 0 aliphatic carbocycles. The minimum Gasteiger partial charge on any atom is -0.495 e. The number of fused-ring (bicyclic) bond motifs is 5. The van der Waals surface area contributed by atoms with E-state index < -0.39 is 132 Å². The number of amides is 9. The maximum Gasteiger partial charge on any atom is 0.409 e. The smallest absolute Gasteiger partial charge is 0.409 e. The molecule has 3 aliphatic heterocycles. The number of nitrogens with zero attached hydrogens (tertiary/aromatic N) is 2. The Morgan fingerprint density at radius 1 is 1.02 bits per heavy atom. The van der Waals surface area contributed by atoms with Crippen LogP contribution < -0.4 is 47.3 Å². The first-order valence-corrected chi connectivity index (χ1v) is 31.0. The highest BCUT2D eigenvalue weighted by Gasteiger charge is 2.64. The third kappa shape index (κ3) is 19.2. The van der Waals surface area contributed by atoms with Gasteiger partial charge in [0.1, 0.15) is 52.8 Å². The van der Waals surface area contributed by atoms with Crippen molar-refractivity contribution in [1.29, 1.82) is 0 Å². The number of anilines is 2. The van der Waals surface area contributed by atoms with Crippen molar-refractivity contribution >= 4 is 98.4 Å².